The molecule has 2 aromatic heterocycles. The molecule has 2 nitrogen and oxygen atoms in total. The van der Waals surface area contributed by atoms with Gasteiger partial charge in [0.15, 0.2) is 0 Å². The zero-order valence-electron chi connectivity index (χ0n) is 28.0. The van der Waals surface area contributed by atoms with Gasteiger partial charge in [0, 0.05) is 47.8 Å². The Labute approximate surface area is 310 Å². The third kappa shape index (κ3) is 4.25. The van der Waals surface area contributed by atoms with Crippen molar-refractivity contribution < 1.29 is 0 Å². The molecule has 2 aliphatic rings. The van der Waals surface area contributed by atoms with Crippen LogP contribution >= 0.6 is 23.5 Å². The molecule has 1 spiro atoms. The Morgan fingerprint density at radius 2 is 1.10 bits per heavy atom. The van der Waals surface area contributed by atoms with E-state index in [-0.39, 0.29) is 0 Å². The Bertz CT molecular complexity index is 2850. The van der Waals surface area contributed by atoms with Crippen LogP contribution in [0.15, 0.2) is 202 Å². The lowest BCUT2D eigenvalue weighted by Gasteiger charge is -2.46. The molecule has 11 rings (SSSR count). The lowest BCUT2D eigenvalue weighted by molar-refractivity contribution is 0.669. The zero-order chi connectivity index (χ0) is 34.2. The van der Waals surface area contributed by atoms with Gasteiger partial charge in [0.1, 0.15) is 0 Å². The predicted octanol–water partition coefficient (Wildman–Crippen LogP) is 12.8. The second-order valence-corrected chi connectivity index (χ2v) is 15.6. The molecule has 0 bridgehead atoms. The van der Waals surface area contributed by atoms with E-state index < -0.39 is 5.41 Å². The molecule has 4 heteroatoms. The molecule has 0 N–H and O–H groups in total. The Morgan fingerprint density at radius 1 is 0.442 bits per heavy atom. The average molecular weight is 699 g/mol. The van der Waals surface area contributed by atoms with Crippen molar-refractivity contribution in [3.05, 3.63) is 204 Å². The lowest BCUT2D eigenvalue weighted by Crippen LogP contribution is -2.37. The summed E-state index contributed by atoms with van der Waals surface area (Å²) in [6.45, 7) is 0. The molecule has 0 aliphatic carbocycles. The van der Waals surface area contributed by atoms with Crippen LogP contribution in [0.1, 0.15) is 22.3 Å². The number of hydrogen-bond acceptors (Lipinski definition) is 3. The molecule has 2 aliphatic heterocycles. The summed E-state index contributed by atoms with van der Waals surface area (Å²) in [5, 5.41) is 2.52. The number of pyridine rings is 1. The predicted molar refractivity (Wildman–Crippen MR) is 216 cm³/mol. The van der Waals surface area contributed by atoms with Crippen molar-refractivity contribution >= 4 is 45.3 Å². The molecule has 52 heavy (non-hydrogen) atoms. The van der Waals surface area contributed by atoms with E-state index in [1.54, 1.807) is 0 Å². The molecular formula is C48H30N2S2. The Morgan fingerprint density at radius 3 is 1.90 bits per heavy atom. The average Bonchev–Trinajstić information content (AvgIpc) is 3.54. The van der Waals surface area contributed by atoms with Crippen molar-refractivity contribution in [1.29, 1.82) is 0 Å². The summed E-state index contributed by atoms with van der Waals surface area (Å²) in [7, 11) is 0. The van der Waals surface area contributed by atoms with Crippen molar-refractivity contribution in [3.63, 3.8) is 0 Å². The molecule has 0 saturated heterocycles. The van der Waals surface area contributed by atoms with Gasteiger partial charge in [-0.25, -0.2) is 0 Å². The highest BCUT2D eigenvalue weighted by Crippen LogP contribution is 2.63. The second kappa shape index (κ2) is 11.6. The van der Waals surface area contributed by atoms with E-state index in [2.05, 4.69) is 174 Å². The highest BCUT2D eigenvalue weighted by atomic mass is 32.2. The fraction of sp³-hybridized carbons (Fsp3) is 0.0208. The summed E-state index contributed by atoms with van der Waals surface area (Å²) in [4.78, 5) is 9.88. The first-order valence-electron chi connectivity index (χ1n) is 17.6. The Hall–Kier alpha value is -5.81. The number of para-hydroxylation sites is 2. The van der Waals surface area contributed by atoms with Crippen LogP contribution in [0, 0.1) is 0 Å². The second-order valence-electron chi connectivity index (χ2n) is 13.5. The number of fused-ring (bicyclic) bond motifs is 11. The number of aromatic nitrogens is 2. The number of nitrogens with zero attached hydrogens (tertiary/aromatic N) is 2. The summed E-state index contributed by atoms with van der Waals surface area (Å²) in [6, 6.07) is 64.8. The van der Waals surface area contributed by atoms with Crippen LogP contribution in [0.3, 0.4) is 0 Å². The molecule has 4 heterocycles. The van der Waals surface area contributed by atoms with E-state index >= 15 is 0 Å². The number of rotatable bonds is 3. The van der Waals surface area contributed by atoms with Crippen LogP contribution in [0.25, 0.3) is 49.9 Å². The van der Waals surface area contributed by atoms with Gasteiger partial charge in [-0.3, -0.25) is 4.98 Å². The molecular weight excluding hydrogens is 669 g/mol. The summed E-state index contributed by atoms with van der Waals surface area (Å²) in [5.74, 6) is 0. The van der Waals surface area contributed by atoms with Gasteiger partial charge in [-0.2, -0.15) is 0 Å². The Balaban J connectivity index is 1.22. The zero-order valence-corrected chi connectivity index (χ0v) is 29.7. The van der Waals surface area contributed by atoms with Gasteiger partial charge in [-0.15, -0.1) is 0 Å². The SMILES string of the molecule is c1ccc(-n2c3ccccc3c3cc(-c4cccc5c4C4(c6ccccc6Sc6cc(-c7ccccn7)ccc64)c4ccccc4S5)ccc32)cc1. The van der Waals surface area contributed by atoms with Gasteiger partial charge in [0.05, 0.1) is 22.1 Å². The maximum Gasteiger partial charge on any atom is 0.0751 e. The number of benzene rings is 7. The minimum atomic E-state index is -0.527. The van der Waals surface area contributed by atoms with Crippen molar-refractivity contribution in [1.82, 2.24) is 9.55 Å². The van der Waals surface area contributed by atoms with Crippen molar-refractivity contribution in [2.24, 2.45) is 0 Å². The molecule has 0 radical (unpaired) electrons. The molecule has 0 saturated carbocycles. The van der Waals surface area contributed by atoms with E-state index in [9.17, 15) is 0 Å². The first-order valence-corrected chi connectivity index (χ1v) is 19.3. The van der Waals surface area contributed by atoms with Gasteiger partial charge < -0.3 is 4.57 Å². The molecule has 1 unspecified atom stereocenters. The first-order chi connectivity index (χ1) is 25.8. The van der Waals surface area contributed by atoms with Crippen LogP contribution in [-0.4, -0.2) is 9.55 Å². The van der Waals surface area contributed by atoms with E-state index in [0.717, 1.165) is 11.3 Å². The molecule has 7 aromatic carbocycles. The van der Waals surface area contributed by atoms with Crippen LogP contribution in [0.4, 0.5) is 0 Å². The van der Waals surface area contributed by atoms with Crippen molar-refractivity contribution in [3.8, 4) is 28.1 Å². The van der Waals surface area contributed by atoms with Gasteiger partial charge in [-0.1, -0.05) is 133 Å². The van der Waals surface area contributed by atoms with Crippen LogP contribution in [0.2, 0.25) is 0 Å². The van der Waals surface area contributed by atoms with Gasteiger partial charge in [0.25, 0.3) is 0 Å². The highest BCUT2D eigenvalue weighted by molar-refractivity contribution is 8.00. The van der Waals surface area contributed by atoms with E-state index in [0.29, 0.717) is 0 Å². The largest absolute Gasteiger partial charge is 0.309 e. The normalized spacial score (nSPS) is 15.6. The fourth-order valence-electron chi connectivity index (χ4n) is 8.66. The van der Waals surface area contributed by atoms with E-state index in [1.165, 1.54) is 80.5 Å². The molecule has 244 valence electrons. The molecule has 0 fully saturated rings. The molecule has 0 amide bonds. The third-order valence-corrected chi connectivity index (χ3v) is 13.0. The maximum atomic E-state index is 4.73. The van der Waals surface area contributed by atoms with Crippen molar-refractivity contribution in [2.75, 3.05) is 0 Å². The maximum absolute atomic E-state index is 4.73. The quantitative estimate of drug-likeness (QED) is 0.183. The smallest absolute Gasteiger partial charge is 0.0751 e. The minimum absolute atomic E-state index is 0.527. The van der Waals surface area contributed by atoms with E-state index in [4.69, 9.17) is 4.98 Å². The summed E-state index contributed by atoms with van der Waals surface area (Å²) >= 11 is 3.77. The highest BCUT2D eigenvalue weighted by Gasteiger charge is 2.50. The minimum Gasteiger partial charge on any atom is -0.309 e. The summed E-state index contributed by atoms with van der Waals surface area (Å²) in [5.41, 5.74) is 13.0. The van der Waals surface area contributed by atoms with Gasteiger partial charge in [0.2, 0.25) is 0 Å². The molecule has 9 aromatic rings. The fourth-order valence-corrected chi connectivity index (χ4v) is 11.1. The standard InChI is InChI=1S/C48H30N2S2/c1-2-13-33(14-3-1)50-41-20-7-4-15-35(41)36-29-31(25-27-42(36)50)34-16-12-23-45-47(34)48(37-17-5-8-21-43(37)51-45)38-18-6-9-22-44(38)52-46-30-32(24-26-39(46)48)40-19-10-11-28-49-40/h1-30H. The first kappa shape index (κ1) is 29.9. The van der Waals surface area contributed by atoms with Crippen LogP contribution < -0.4 is 0 Å². The Kier molecular flexibility index (Phi) is 6.67. The monoisotopic (exact) mass is 698 g/mol. The van der Waals surface area contributed by atoms with Crippen LogP contribution in [-0.2, 0) is 5.41 Å². The van der Waals surface area contributed by atoms with Crippen molar-refractivity contribution in [2.45, 2.75) is 25.0 Å². The van der Waals surface area contributed by atoms with Crippen LogP contribution in [0.5, 0.6) is 0 Å². The number of hydrogen-bond donors (Lipinski definition) is 0. The lowest BCUT2D eigenvalue weighted by atomic mass is 9.62. The van der Waals surface area contributed by atoms with Gasteiger partial charge in [-0.05, 0) is 100 Å². The van der Waals surface area contributed by atoms with E-state index in [1.807, 2.05) is 35.8 Å². The molecule has 1 atom stereocenters. The summed E-state index contributed by atoms with van der Waals surface area (Å²) < 4.78 is 2.40. The van der Waals surface area contributed by atoms with Gasteiger partial charge >= 0.3 is 0 Å². The topological polar surface area (TPSA) is 17.8 Å². The summed E-state index contributed by atoms with van der Waals surface area (Å²) in [6.07, 6.45) is 1.88. The third-order valence-electron chi connectivity index (χ3n) is 10.8.